The minimum atomic E-state index is -0.0797. The van der Waals surface area contributed by atoms with Gasteiger partial charge in [-0.25, -0.2) is 4.39 Å². The van der Waals surface area contributed by atoms with E-state index in [0.717, 1.165) is 19.5 Å². The first-order chi connectivity index (χ1) is 6.76. The molecule has 0 aromatic heterocycles. The topological polar surface area (TPSA) is 12.0 Å². The molecule has 2 unspecified atom stereocenters. The van der Waals surface area contributed by atoms with E-state index in [4.69, 9.17) is 0 Å². The summed E-state index contributed by atoms with van der Waals surface area (Å²) in [6.07, 6.45) is 2.42. The molecule has 2 heteroatoms. The summed E-state index contributed by atoms with van der Waals surface area (Å²) in [4.78, 5) is 0. The molecule has 3 aliphatic rings. The van der Waals surface area contributed by atoms with Crippen LogP contribution in [-0.4, -0.2) is 13.1 Å². The van der Waals surface area contributed by atoms with Crippen molar-refractivity contribution in [1.82, 2.24) is 5.32 Å². The highest BCUT2D eigenvalue weighted by molar-refractivity contribution is 5.53. The van der Waals surface area contributed by atoms with Gasteiger partial charge in [0.1, 0.15) is 5.82 Å². The Morgan fingerprint density at radius 3 is 3.14 bits per heavy atom. The average Bonchev–Trinajstić information content (AvgIpc) is 2.52. The van der Waals surface area contributed by atoms with E-state index in [1.807, 2.05) is 6.07 Å². The van der Waals surface area contributed by atoms with Gasteiger partial charge in [-0.2, -0.15) is 0 Å². The minimum absolute atomic E-state index is 0.0797. The molecule has 1 N–H and O–H groups in total. The number of nitrogens with one attached hydrogen (secondary N) is 1. The molecule has 1 saturated heterocycles. The number of fused-ring (bicyclic) bond motifs is 1. The second-order valence-electron chi connectivity index (χ2n) is 5.12. The van der Waals surface area contributed by atoms with Crippen LogP contribution in [0.3, 0.4) is 0 Å². The molecule has 1 aromatic carbocycles. The predicted octanol–water partition coefficient (Wildman–Crippen LogP) is 1.61. The maximum absolute atomic E-state index is 13.1. The normalized spacial score (nSPS) is 41.8. The van der Waals surface area contributed by atoms with Gasteiger partial charge in [0.15, 0.2) is 0 Å². The quantitative estimate of drug-likeness (QED) is 0.654. The van der Waals surface area contributed by atoms with E-state index in [1.54, 1.807) is 12.1 Å². The lowest BCUT2D eigenvalue weighted by Crippen LogP contribution is -2.21. The number of piperidine rings is 1. The van der Waals surface area contributed by atoms with Gasteiger partial charge in [-0.15, -0.1) is 0 Å². The lowest BCUT2D eigenvalue weighted by molar-refractivity contribution is 0.521. The van der Waals surface area contributed by atoms with Crippen molar-refractivity contribution in [3.8, 4) is 0 Å². The fraction of sp³-hybridized carbons (Fsp3) is 0.500. The highest BCUT2D eigenvalue weighted by atomic mass is 19.1. The zero-order valence-electron chi connectivity index (χ0n) is 7.94. The third kappa shape index (κ3) is 0.584. The number of halogens is 1. The highest BCUT2D eigenvalue weighted by Gasteiger charge is 2.73. The Kier molecular flexibility index (Phi) is 1.00. The van der Waals surface area contributed by atoms with Crippen LogP contribution in [0.5, 0.6) is 0 Å². The number of benzene rings is 1. The van der Waals surface area contributed by atoms with Gasteiger partial charge in [0, 0.05) is 18.5 Å². The molecule has 1 nitrogen and oxygen atoms in total. The van der Waals surface area contributed by atoms with Crippen LogP contribution < -0.4 is 5.32 Å². The molecule has 4 rings (SSSR count). The molecule has 0 bridgehead atoms. The fourth-order valence-corrected chi connectivity index (χ4v) is 3.84. The van der Waals surface area contributed by atoms with E-state index >= 15 is 0 Å². The molecule has 1 aliphatic heterocycles. The Bertz CT molecular complexity index is 438. The summed E-state index contributed by atoms with van der Waals surface area (Å²) in [6.45, 7) is 2.23. The Hall–Kier alpha value is -0.890. The first kappa shape index (κ1) is 7.41. The van der Waals surface area contributed by atoms with Crippen LogP contribution >= 0.6 is 0 Å². The van der Waals surface area contributed by atoms with Crippen LogP contribution in [0, 0.1) is 11.2 Å². The molecule has 2 aliphatic carbocycles. The smallest absolute Gasteiger partial charge is 0.123 e. The third-order valence-electron chi connectivity index (χ3n) is 4.53. The van der Waals surface area contributed by atoms with Crippen LogP contribution in [-0.2, 0) is 11.8 Å². The maximum Gasteiger partial charge on any atom is 0.123 e. The van der Waals surface area contributed by atoms with Gasteiger partial charge in [0.05, 0.1) is 0 Å². The molecule has 72 valence electrons. The summed E-state index contributed by atoms with van der Waals surface area (Å²) < 4.78 is 13.1. The van der Waals surface area contributed by atoms with Crippen molar-refractivity contribution in [1.29, 1.82) is 0 Å². The monoisotopic (exact) mass is 189 g/mol. The molecule has 0 amide bonds. The molecule has 1 heterocycles. The van der Waals surface area contributed by atoms with Gasteiger partial charge in [-0.1, -0.05) is 6.07 Å². The van der Waals surface area contributed by atoms with Crippen LogP contribution in [0.25, 0.3) is 0 Å². The van der Waals surface area contributed by atoms with Gasteiger partial charge >= 0.3 is 0 Å². The first-order valence-electron chi connectivity index (χ1n) is 5.26. The molecule has 0 spiro atoms. The second kappa shape index (κ2) is 1.89. The van der Waals surface area contributed by atoms with Crippen molar-refractivity contribution < 1.29 is 4.39 Å². The summed E-state index contributed by atoms with van der Waals surface area (Å²) in [5.41, 5.74) is 3.56. The van der Waals surface area contributed by atoms with E-state index in [-0.39, 0.29) is 5.82 Å². The van der Waals surface area contributed by atoms with Crippen molar-refractivity contribution in [2.45, 2.75) is 18.3 Å². The molecule has 14 heavy (non-hydrogen) atoms. The summed E-state index contributed by atoms with van der Waals surface area (Å²) in [5, 5.41) is 3.47. The molecular weight excluding hydrogens is 177 g/mol. The standard InChI is InChI=1S/C12H12FN/c13-9-1-2-10-8(3-9)4-11-5-12(10,11)7-14-6-11/h1-3,14H,4-7H2. The van der Waals surface area contributed by atoms with Gasteiger partial charge in [-0.05, 0) is 41.5 Å². The largest absolute Gasteiger partial charge is 0.315 e. The van der Waals surface area contributed by atoms with Crippen LogP contribution in [0.1, 0.15) is 17.5 Å². The van der Waals surface area contributed by atoms with Crippen LogP contribution in [0.4, 0.5) is 4.39 Å². The molecule has 1 saturated carbocycles. The van der Waals surface area contributed by atoms with Crippen molar-refractivity contribution in [2.24, 2.45) is 5.41 Å². The molecular formula is C12H12FN. The summed E-state index contributed by atoms with van der Waals surface area (Å²) >= 11 is 0. The van der Waals surface area contributed by atoms with Crippen molar-refractivity contribution in [3.63, 3.8) is 0 Å². The van der Waals surface area contributed by atoms with E-state index in [1.165, 1.54) is 17.5 Å². The van der Waals surface area contributed by atoms with Crippen molar-refractivity contribution in [2.75, 3.05) is 13.1 Å². The fourth-order valence-electron chi connectivity index (χ4n) is 3.84. The van der Waals surface area contributed by atoms with Gasteiger partial charge in [0.25, 0.3) is 0 Å². The van der Waals surface area contributed by atoms with Crippen molar-refractivity contribution >= 4 is 0 Å². The minimum Gasteiger partial charge on any atom is -0.315 e. The van der Waals surface area contributed by atoms with Gasteiger partial charge < -0.3 is 5.32 Å². The average molecular weight is 189 g/mol. The molecule has 2 atom stereocenters. The number of hydrogen-bond donors (Lipinski definition) is 1. The molecule has 0 radical (unpaired) electrons. The van der Waals surface area contributed by atoms with Crippen molar-refractivity contribution in [3.05, 3.63) is 35.1 Å². The van der Waals surface area contributed by atoms with Crippen LogP contribution in [0.15, 0.2) is 18.2 Å². The first-order valence-corrected chi connectivity index (χ1v) is 5.26. The zero-order chi connectivity index (χ0) is 9.39. The van der Waals surface area contributed by atoms with E-state index < -0.39 is 0 Å². The molecule has 1 aromatic rings. The lowest BCUT2D eigenvalue weighted by atomic mass is 9.95. The van der Waals surface area contributed by atoms with Gasteiger partial charge in [-0.3, -0.25) is 0 Å². The SMILES string of the molecule is Fc1ccc2c(c1)CC13CNCC21C3. The summed E-state index contributed by atoms with van der Waals surface area (Å²) in [6, 6.07) is 5.35. The zero-order valence-corrected chi connectivity index (χ0v) is 7.94. The van der Waals surface area contributed by atoms with E-state index in [9.17, 15) is 4.39 Å². The Balaban J connectivity index is 1.96. The lowest BCUT2D eigenvalue weighted by Gasteiger charge is -2.13. The maximum atomic E-state index is 13.1. The summed E-state index contributed by atoms with van der Waals surface area (Å²) in [7, 11) is 0. The Labute approximate surface area is 82.3 Å². The third-order valence-corrected chi connectivity index (χ3v) is 4.53. The number of rotatable bonds is 0. The Morgan fingerprint density at radius 1 is 1.29 bits per heavy atom. The second-order valence-corrected chi connectivity index (χ2v) is 5.12. The Morgan fingerprint density at radius 2 is 2.21 bits per heavy atom. The predicted molar refractivity (Wildman–Crippen MR) is 51.7 cm³/mol. The highest BCUT2D eigenvalue weighted by Crippen LogP contribution is 2.72. The summed E-state index contributed by atoms with van der Waals surface area (Å²) in [5.74, 6) is -0.0797. The molecule has 2 fully saturated rings. The van der Waals surface area contributed by atoms with Crippen LogP contribution in [0.2, 0.25) is 0 Å². The van der Waals surface area contributed by atoms with Gasteiger partial charge in [0.2, 0.25) is 0 Å². The number of hydrogen-bond acceptors (Lipinski definition) is 1. The van der Waals surface area contributed by atoms with E-state index in [0.29, 0.717) is 10.8 Å². The van der Waals surface area contributed by atoms with E-state index in [2.05, 4.69) is 5.32 Å².